The average Bonchev–Trinajstić information content (AvgIpc) is 2.70. The van der Waals surface area contributed by atoms with Crippen LogP contribution in [-0.4, -0.2) is 26.0 Å². The van der Waals surface area contributed by atoms with E-state index in [2.05, 4.69) is 5.32 Å². The summed E-state index contributed by atoms with van der Waals surface area (Å²) < 4.78 is 24.5. The Labute approximate surface area is 123 Å². The summed E-state index contributed by atoms with van der Waals surface area (Å²) >= 11 is 1.17. The van der Waals surface area contributed by atoms with E-state index in [1.807, 2.05) is 0 Å². The maximum absolute atomic E-state index is 12.2. The van der Waals surface area contributed by atoms with Gasteiger partial charge < -0.3 is 11.1 Å². The van der Waals surface area contributed by atoms with Gasteiger partial charge in [-0.05, 0) is 19.3 Å². The number of nitrogens with two attached hydrogens (primary N) is 1. The predicted octanol–water partition coefficient (Wildman–Crippen LogP) is 2.68. The lowest BCUT2D eigenvalue weighted by atomic mass is 9.93. The van der Waals surface area contributed by atoms with Gasteiger partial charge in [0.25, 0.3) is 0 Å². The molecule has 20 heavy (non-hydrogen) atoms. The molecule has 0 aliphatic heterocycles. The van der Waals surface area contributed by atoms with Crippen molar-refractivity contribution in [2.45, 2.75) is 50.5 Å². The lowest BCUT2D eigenvalue weighted by Gasteiger charge is -2.27. The zero-order valence-electron chi connectivity index (χ0n) is 11.7. The summed E-state index contributed by atoms with van der Waals surface area (Å²) in [7, 11) is -3.44. The molecule has 1 saturated carbocycles. The molecule has 1 aliphatic rings. The van der Waals surface area contributed by atoms with Gasteiger partial charge in [-0.25, -0.2) is 8.42 Å². The maximum atomic E-state index is 12.2. The molecule has 1 heterocycles. The Balaban J connectivity index is 2.49. The average molecular weight is 316 g/mol. The maximum Gasteiger partial charge on any atom is 0.183 e. The number of hydrogen-bond donors (Lipinski definition) is 2. The zero-order valence-corrected chi connectivity index (χ0v) is 13.4. The first-order valence-electron chi connectivity index (χ1n) is 6.85. The fourth-order valence-electron chi connectivity index (χ4n) is 2.08. The number of rotatable bonds is 6. The van der Waals surface area contributed by atoms with Crippen LogP contribution < -0.4 is 11.1 Å². The minimum atomic E-state index is -3.44. The van der Waals surface area contributed by atoms with E-state index in [4.69, 9.17) is 5.73 Å². The predicted molar refractivity (Wildman–Crippen MR) is 82.3 cm³/mol. The normalized spacial score (nSPS) is 15.9. The second-order valence-electron chi connectivity index (χ2n) is 4.96. The SMILES string of the molecule is CCC(=O)c1sc(NC2CCC2)c(S(=O)(=O)CC)c1N. The molecule has 1 fully saturated rings. The van der Waals surface area contributed by atoms with E-state index < -0.39 is 9.84 Å². The van der Waals surface area contributed by atoms with Crippen LogP contribution in [0.1, 0.15) is 49.2 Å². The Bertz CT molecular complexity index is 616. The summed E-state index contributed by atoms with van der Waals surface area (Å²) in [5.74, 6) is -0.130. The molecular weight excluding hydrogens is 296 g/mol. The van der Waals surface area contributed by atoms with Gasteiger partial charge in [0, 0.05) is 12.5 Å². The van der Waals surface area contributed by atoms with Gasteiger partial charge in [0.15, 0.2) is 15.6 Å². The highest BCUT2D eigenvalue weighted by Crippen LogP contribution is 2.41. The van der Waals surface area contributed by atoms with Crippen molar-refractivity contribution < 1.29 is 13.2 Å². The van der Waals surface area contributed by atoms with Crippen molar-refractivity contribution >= 4 is 37.6 Å². The summed E-state index contributed by atoms with van der Waals surface area (Å²) in [4.78, 5) is 12.4. The molecule has 1 aromatic rings. The summed E-state index contributed by atoms with van der Waals surface area (Å²) in [6.07, 6.45) is 3.52. The number of thiophene rings is 1. The molecule has 7 heteroatoms. The van der Waals surface area contributed by atoms with E-state index in [9.17, 15) is 13.2 Å². The Morgan fingerprint density at radius 1 is 1.40 bits per heavy atom. The van der Waals surface area contributed by atoms with E-state index in [1.165, 1.54) is 11.3 Å². The fraction of sp³-hybridized carbons (Fsp3) is 0.615. The van der Waals surface area contributed by atoms with Crippen LogP contribution in [0, 0.1) is 0 Å². The lowest BCUT2D eigenvalue weighted by molar-refractivity contribution is 0.0992. The van der Waals surface area contributed by atoms with Crippen LogP contribution in [0.25, 0.3) is 0 Å². The summed E-state index contributed by atoms with van der Waals surface area (Å²) in [6, 6.07) is 0.295. The van der Waals surface area contributed by atoms with Crippen LogP contribution in [0.4, 0.5) is 10.7 Å². The molecule has 1 aliphatic carbocycles. The number of Topliss-reactive ketones (excluding diaryl/α,β-unsaturated/α-hetero) is 1. The van der Waals surface area contributed by atoms with E-state index in [-0.39, 0.29) is 22.1 Å². The van der Waals surface area contributed by atoms with Crippen LogP contribution in [0.5, 0.6) is 0 Å². The number of ketones is 1. The Morgan fingerprint density at radius 3 is 2.50 bits per heavy atom. The molecule has 0 saturated heterocycles. The van der Waals surface area contributed by atoms with Crippen LogP contribution >= 0.6 is 11.3 Å². The number of nitrogens with one attached hydrogen (secondary N) is 1. The van der Waals surface area contributed by atoms with Gasteiger partial charge in [0.2, 0.25) is 0 Å². The lowest BCUT2D eigenvalue weighted by Crippen LogP contribution is -2.27. The third-order valence-electron chi connectivity index (χ3n) is 3.61. The molecule has 0 unspecified atom stereocenters. The molecule has 3 N–H and O–H groups in total. The van der Waals surface area contributed by atoms with Gasteiger partial charge in [0.1, 0.15) is 9.90 Å². The monoisotopic (exact) mass is 316 g/mol. The largest absolute Gasteiger partial charge is 0.396 e. The minimum Gasteiger partial charge on any atom is -0.396 e. The van der Waals surface area contributed by atoms with Gasteiger partial charge in [0.05, 0.1) is 16.3 Å². The number of carbonyl (C=O) groups is 1. The Kier molecular flexibility index (Phi) is 4.39. The van der Waals surface area contributed by atoms with Crippen molar-refractivity contribution in [1.29, 1.82) is 0 Å². The smallest absolute Gasteiger partial charge is 0.183 e. The highest BCUT2D eigenvalue weighted by atomic mass is 32.2. The van der Waals surface area contributed by atoms with E-state index in [0.29, 0.717) is 22.3 Å². The summed E-state index contributed by atoms with van der Waals surface area (Å²) in [5.41, 5.74) is 6.06. The third-order valence-corrected chi connectivity index (χ3v) is 6.72. The minimum absolute atomic E-state index is 0.0208. The van der Waals surface area contributed by atoms with Crippen molar-refractivity contribution in [3.8, 4) is 0 Å². The summed E-state index contributed by atoms with van der Waals surface area (Å²) in [5, 5.41) is 3.77. The highest BCUT2D eigenvalue weighted by molar-refractivity contribution is 7.92. The highest BCUT2D eigenvalue weighted by Gasteiger charge is 2.30. The number of carbonyl (C=O) groups excluding carboxylic acids is 1. The topological polar surface area (TPSA) is 89.3 Å². The third kappa shape index (κ3) is 2.69. The number of sulfone groups is 1. The van der Waals surface area contributed by atoms with E-state index >= 15 is 0 Å². The van der Waals surface area contributed by atoms with E-state index in [0.717, 1.165) is 19.3 Å². The number of anilines is 2. The molecule has 0 radical (unpaired) electrons. The van der Waals surface area contributed by atoms with Crippen molar-refractivity contribution in [2.75, 3.05) is 16.8 Å². The fourth-order valence-corrected chi connectivity index (χ4v) is 4.82. The Morgan fingerprint density at radius 2 is 2.05 bits per heavy atom. The van der Waals surface area contributed by atoms with Crippen molar-refractivity contribution in [2.24, 2.45) is 0 Å². The molecule has 2 rings (SSSR count). The molecule has 0 atom stereocenters. The van der Waals surface area contributed by atoms with Gasteiger partial charge >= 0.3 is 0 Å². The van der Waals surface area contributed by atoms with Crippen LogP contribution in [0.15, 0.2) is 4.90 Å². The second-order valence-corrected chi connectivity index (χ2v) is 8.19. The van der Waals surface area contributed by atoms with Crippen molar-refractivity contribution in [3.63, 3.8) is 0 Å². The van der Waals surface area contributed by atoms with Gasteiger partial charge in [-0.15, -0.1) is 11.3 Å². The first kappa shape index (κ1) is 15.3. The molecular formula is C13H20N2O3S2. The van der Waals surface area contributed by atoms with E-state index in [1.54, 1.807) is 13.8 Å². The Hall–Kier alpha value is -1.08. The molecule has 0 spiro atoms. The molecule has 0 bridgehead atoms. The van der Waals surface area contributed by atoms with Gasteiger partial charge in [-0.2, -0.15) is 0 Å². The van der Waals surface area contributed by atoms with Gasteiger partial charge in [-0.1, -0.05) is 13.8 Å². The van der Waals surface area contributed by atoms with Crippen molar-refractivity contribution in [1.82, 2.24) is 0 Å². The second kappa shape index (κ2) is 5.73. The van der Waals surface area contributed by atoms with Crippen molar-refractivity contribution in [3.05, 3.63) is 4.88 Å². The number of hydrogen-bond acceptors (Lipinski definition) is 6. The van der Waals surface area contributed by atoms with Gasteiger partial charge in [-0.3, -0.25) is 4.79 Å². The zero-order chi connectivity index (χ0) is 14.9. The first-order chi connectivity index (χ1) is 9.40. The van der Waals surface area contributed by atoms with Crippen LogP contribution in [-0.2, 0) is 9.84 Å². The summed E-state index contributed by atoms with van der Waals surface area (Å²) in [6.45, 7) is 3.33. The quantitative estimate of drug-likeness (QED) is 0.788. The van der Waals surface area contributed by atoms with Crippen LogP contribution in [0.2, 0.25) is 0 Å². The molecule has 112 valence electrons. The standard InChI is InChI=1S/C13H20N2O3S2/c1-3-9(16)11-10(14)12(20(17,18)4-2)13(19-11)15-8-6-5-7-8/h8,15H,3-7,14H2,1-2H3. The molecule has 0 aromatic carbocycles. The number of nitrogen functional groups attached to an aromatic ring is 1. The molecule has 0 amide bonds. The first-order valence-corrected chi connectivity index (χ1v) is 9.32. The van der Waals surface area contributed by atoms with Crippen LogP contribution in [0.3, 0.4) is 0 Å². The molecule has 1 aromatic heterocycles. The molecule has 5 nitrogen and oxygen atoms in total.